The van der Waals surface area contributed by atoms with Crippen LogP contribution in [0.5, 0.6) is 0 Å². The molecular weight excluding hydrogens is 486 g/mol. The van der Waals surface area contributed by atoms with Crippen molar-refractivity contribution in [1.29, 1.82) is 0 Å². The molecule has 0 bridgehead atoms. The van der Waals surface area contributed by atoms with Crippen LogP contribution in [-0.2, 0) is 16.2 Å². The molecule has 4 aromatic rings. The molecule has 39 heavy (non-hydrogen) atoms. The number of hydrogen-bond acceptors (Lipinski definition) is 5. The molecule has 0 saturated heterocycles. The average Bonchev–Trinajstić information content (AvgIpc) is 3.28. The number of benzene rings is 3. The number of nitrogens with zero attached hydrogens (tertiary/aromatic N) is 3. The maximum Gasteiger partial charge on any atom is 0.359 e. The first-order valence-corrected chi connectivity index (χ1v) is 13.6. The number of fused-ring (bicyclic) bond motifs is 3. The van der Waals surface area contributed by atoms with Crippen molar-refractivity contribution < 1.29 is 14.4 Å². The van der Waals surface area contributed by atoms with Gasteiger partial charge in [0, 0.05) is 46.0 Å². The first kappa shape index (κ1) is 26.4. The second kappa shape index (κ2) is 10.5. The number of carbonyl (C=O) groups excluding carboxylic acids is 2. The lowest BCUT2D eigenvalue weighted by Gasteiger charge is -2.36. The maximum absolute atomic E-state index is 13.4. The SMILES string of the molecule is CCn1c2ccc(C(=O)c3ccccc3C)cc2c2cc(/C(C)=N/OC(=O)C(C)(C)N3C=CCCC3)ccc21. The first-order chi connectivity index (χ1) is 18.7. The van der Waals surface area contributed by atoms with Crippen LogP contribution in [0.1, 0.15) is 67.6 Å². The molecule has 0 atom stereocenters. The normalized spacial score (nSPS) is 14.3. The number of carbonyl (C=O) groups is 2. The van der Waals surface area contributed by atoms with Crippen LogP contribution in [0.4, 0.5) is 0 Å². The molecule has 1 aliphatic heterocycles. The Morgan fingerprint density at radius 1 is 0.974 bits per heavy atom. The van der Waals surface area contributed by atoms with Gasteiger partial charge in [-0.2, -0.15) is 0 Å². The van der Waals surface area contributed by atoms with E-state index in [1.807, 2.05) is 87.3 Å². The molecule has 0 saturated carbocycles. The minimum atomic E-state index is -0.806. The van der Waals surface area contributed by atoms with Crippen LogP contribution in [0.15, 0.2) is 78.1 Å². The van der Waals surface area contributed by atoms with Crippen molar-refractivity contribution in [1.82, 2.24) is 9.47 Å². The van der Waals surface area contributed by atoms with E-state index < -0.39 is 11.5 Å². The summed E-state index contributed by atoms with van der Waals surface area (Å²) in [6, 6.07) is 19.7. The van der Waals surface area contributed by atoms with Crippen molar-refractivity contribution in [2.45, 2.75) is 59.5 Å². The maximum atomic E-state index is 13.4. The van der Waals surface area contributed by atoms with E-state index in [4.69, 9.17) is 4.84 Å². The van der Waals surface area contributed by atoms with Gasteiger partial charge in [-0.15, -0.1) is 0 Å². The van der Waals surface area contributed by atoms with E-state index in [-0.39, 0.29) is 5.78 Å². The van der Waals surface area contributed by atoms with Crippen LogP contribution in [0.2, 0.25) is 0 Å². The van der Waals surface area contributed by atoms with E-state index in [0.717, 1.165) is 58.9 Å². The zero-order valence-electron chi connectivity index (χ0n) is 23.3. The molecule has 0 unspecified atom stereocenters. The van der Waals surface area contributed by atoms with Crippen molar-refractivity contribution >= 4 is 39.3 Å². The van der Waals surface area contributed by atoms with E-state index >= 15 is 0 Å². The summed E-state index contributed by atoms with van der Waals surface area (Å²) in [5, 5.41) is 6.26. The molecule has 0 spiro atoms. The molecule has 0 amide bonds. The van der Waals surface area contributed by atoms with Gasteiger partial charge >= 0.3 is 5.97 Å². The summed E-state index contributed by atoms with van der Waals surface area (Å²) in [6.45, 7) is 11.2. The lowest BCUT2D eigenvalue weighted by atomic mass is 9.97. The van der Waals surface area contributed by atoms with E-state index in [2.05, 4.69) is 34.9 Å². The van der Waals surface area contributed by atoms with Crippen LogP contribution in [0.25, 0.3) is 21.8 Å². The molecule has 0 N–H and O–H groups in total. The highest BCUT2D eigenvalue weighted by molar-refractivity contribution is 6.16. The van der Waals surface area contributed by atoms with Crippen LogP contribution < -0.4 is 0 Å². The average molecular weight is 522 g/mol. The van der Waals surface area contributed by atoms with Crippen LogP contribution in [0.3, 0.4) is 0 Å². The zero-order chi connectivity index (χ0) is 27.7. The van der Waals surface area contributed by atoms with Crippen molar-refractivity contribution in [2.24, 2.45) is 5.16 Å². The Hall–Kier alpha value is -4.19. The standard InChI is InChI=1S/C33H35N3O3/c1-6-36-29-16-14-24(23(3)34-39-32(38)33(4,5)35-18-10-7-11-19-35)20-27(29)28-21-25(15-17-30(28)36)31(37)26-13-9-8-12-22(26)2/h8-10,12-18,20-21H,6-7,11,19H2,1-5H3/b34-23+. The first-order valence-electron chi connectivity index (χ1n) is 13.6. The Bertz CT molecular complexity index is 1640. The fourth-order valence-corrected chi connectivity index (χ4v) is 5.31. The highest BCUT2D eigenvalue weighted by Gasteiger charge is 2.35. The molecule has 6 nitrogen and oxygen atoms in total. The van der Waals surface area contributed by atoms with Gasteiger partial charge < -0.3 is 14.3 Å². The molecule has 1 aliphatic rings. The second-order valence-corrected chi connectivity index (χ2v) is 10.7. The molecule has 5 rings (SSSR count). The Labute approximate surface area is 229 Å². The van der Waals surface area contributed by atoms with Crippen LogP contribution in [0, 0.1) is 6.92 Å². The van der Waals surface area contributed by atoms with E-state index in [9.17, 15) is 9.59 Å². The molecule has 200 valence electrons. The summed E-state index contributed by atoms with van der Waals surface area (Å²) < 4.78 is 2.25. The largest absolute Gasteiger partial charge is 0.362 e. The number of aromatic nitrogens is 1. The quantitative estimate of drug-likeness (QED) is 0.114. The van der Waals surface area contributed by atoms with Gasteiger partial charge in [-0.1, -0.05) is 41.6 Å². The summed E-state index contributed by atoms with van der Waals surface area (Å²) in [5.74, 6) is -0.379. The number of oxime groups is 1. The molecule has 6 heteroatoms. The Balaban J connectivity index is 1.49. The molecule has 1 aromatic heterocycles. The zero-order valence-corrected chi connectivity index (χ0v) is 23.3. The summed E-state index contributed by atoms with van der Waals surface area (Å²) >= 11 is 0. The van der Waals surface area contributed by atoms with E-state index in [1.54, 1.807) is 0 Å². The number of rotatable bonds is 7. The number of allylic oxidation sites excluding steroid dienone is 1. The molecule has 0 fully saturated rings. The third-order valence-corrected chi connectivity index (χ3v) is 7.79. The minimum Gasteiger partial charge on any atom is -0.362 e. The predicted octanol–water partition coefficient (Wildman–Crippen LogP) is 7.01. The van der Waals surface area contributed by atoms with E-state index in [1.165, 1.54) is 0 Å². The van der Waals surface area contributed by atoms with Gasteiger partial charge in [-0.05, 0) is 95.1 Å². The Morgan fingerprint density at radius 2 is 1.64 bits per heavy atom. The summed E-state index contributed by atoms with van der Waals surface area (Å²) in [6.07, 6.45) is 6.09. The van der Waals surface area contributed by atoms with Crippen molar-refractivity contribution in [3.8, 4) is 0 Å². The monoisotopic (exact) mass is 521 g/mol. The number of ketones is 1. The van der Waals surface area contributed by atoms with Gasteiger partial charge in [0.2, 0.25) is 0 Å². The number of hydrogen-bond donors (Lipinski definition) is 0. The molecule has 2 heterocycles. The smallest absolute Gasteiger partial charge is 0.359 e. The van der Waals surface area contributed by atoms with Crippen LogP contribution in [-0.4, -0.2) is 39.0 Å². The Morgan fingerprint density at radius 3 is 2.28 bits per heavy atom. The lowest BCUT2D eigenvalue weighted by molar-refractivity contribution is -0.154. The minimum absolute atomic E-state index is 0.0133. The Kier molecular flexibility index (Phi) is 7.13. The highest BCUT2D eigenvalue weighted by Crippen LogP contribution is 2.32. The number of aryl methyl sites for hydroxylation is 2. The highest BCUT2D eigenvalue weighted by atomic mass is 16.7. The van der Waals surface area contributed by atoms with Gasteiger partial charge in [0.05, 0.1) is 5.71 Å². The fraction of sp³-hybridized carbons (Fsp3) is 0.303. The summed E-state index contributed by atoms with van der Waals surface area (Å²) in [7, 11) is 0. The second-order valence-electron chi connectivity index (χ2n) is 10.7. The van der Waals surface area contributed by atoms with Gasteiger partial charge in [-0.3, -0.25) is 4.79 Å². The fourth-order valence-electron chi connectivity index (χ4n) is 5.31. The van der Waals surface area contributed by atoms with Gasteiger partial charge in [0.15, 0.2) is 5.78 Å². The van der Waals surface area contributed by atoms with Crippen LogP contribution >= 0.6 is 0 Å². The third-order valence-electron chi connectivity index (χ3n) is 7.79. The van der Waals surface area contributed by atoms with Gasteiger partial charge in [0.1, 0.15) is 5.54 Å². The van der Waals surface area contributed by atoms with Crippen molar-refractivity contribution in [3.63, 3.8) is 0 Å². The summed E-state index contributed by atoms with van der Waals surface area (Å²) in [4.78, 5) is 33.7. The van der Waals surface area contributed by atoms with E-state index in [0.29, 0.717) is 16.8 Å². The predicted molar refractivity (Wildman–Crippen MR) is 157 cm³/mol. The third kappa shape index (κ3) is 4.87. The topological polar surface area (TPSA) is 63.9 Å². The molecular formula is C33H35N3O3. The van der Waals surface area contributed by atoms with Crippen molar-refractivity contribution in [2.75, 3.05) is 6.54 Å². The summed E-state index contributed by atoms with van der Waals surface area (Å²) in [5.41, 5.74) is 5.15. The molecule has 3 aromatic carbocycles. The molecule has 0 aliphatic carbocycles. The van der Waals surface area contributed by atoms with Gasteiger partial charge in [0.25, 0.3) is 0 Å². The van der Waals surface area contributed by atoms with Gasteiger partial charge in [-0.25, -0.2) is 4.79 Å². The lowest BCUT2D eigenvalue weighted by Crippen LogP contribution is -2.48. The molecule has 0 radical (unpaired) electrons. The van der Waals surface area contributed by atoms with Crippen molar-refractivity contribution in [3.05, 3.63) is 95.2 Å².